The maximum atomic E-state index is 14.7. The largest absolute Gasteiger partial charge is 0.497 e. The van der Waals surface area contributed by atoms with Gasteiger partial charge in [-0.05, 0) is 39.8 Å². The minimum absolute atomic E-state index is 0.0485. The molecule has 1 atom stereocenters. The molecule has 3 rings (SSSR count). The SMILES string of the molecule is CC1(C)OB(c2ccc(N3C[C@@H](NC(=O)O)CC3=O)cc2F)OC1(C)C. The van der Waals surface area contributed by atoms with Gasteiger partial charge in [0.05, 0.1) is 17.2 Å². The van der Waals surface area contributed by atoms with E-state index < -0.39 is 36.3 Å². The first-order valence-electron chi connectivity index (χ1n) is 8.45. The van der Waals surface area contributed by atoms with Crippen molar-refractivity contribution in [1.29, 1.82) is 0 Å². The van der Waals surface area contributed by atoms with E-state index in [9.17, 15) is 14.0 Å². The van der Waals surface area contributed by atoms with Crippen molar-refractivity contribution in [2.45, 2.75) is 51.4 Å². The molecule has 2 aliphatic rings. The highest BCUT2D eigenvalue weighted by molar-refractivity contribution is 6.62. The summed E-state index contributed by atoms with van der Waals surface area (Å²) in [5.41, 5.74) is -0.519. The summed E-state index contributed by atoms with van der Waals surface area (Å²) in [7, 11) is -0.829. The molecular formula is C17H22BFN2O5. The highest BCUT2D eigenvalue weighted by Crippen LogP contribution is 2.36. The normalized spacial score (nSPS) is 24.2. The molecule has 2 fully saturated rings. The molecule has 2 aliphatic heterocycles. The monoisotopic (exact) mass is 364 g/mol. The molecule has 2 amide bonds. The molecule has 0 bridgehead atoms. The maximum Gasteiger partial charge on any atom is 0.497 e. The van der Waals surface area contributed by atoms with E-state index >= 15 is 0 Å². The highest BCUT2D eigenvalue weighted by atomic mass is 19.1. The van der Waals surface area contributed by atoms with E-state index in [1.54, 1.807) is 6.07 Å². The van der Waals surface area contributed by atoms with Crippen LogP contribution in [0, 0.1) is 5.82 Å². The fraction of sp³-hybridized carbons (Fsp3) is 0.529. The molecule has 0 aromatic heterocycles. The molecule has 0 saturated carbocycles. The molecule has 1 aromatic rings. The Morgan fingerprint density at radius 1 is 1.31 bits per heavy atom. The third-order valence-corrected chi connectivity index (χ3v) is 5.26. The summed E-state index contributed by atoms with van der Waals surface area (Å²) < 4.78 is 26.4. The van der Waals surface area contributed by atoms with Gasteiger partial charge in [-0.15, -0.1) is 0 Å². The number of hydrogen-bond donors (Lipinski definition) is 2. The molecule has 2 saturated heterocycles. The van der Waals surface area contributed by atoms with Gasteiger partial charge in [-0.2, -0.15) is 0 Å². The van der Waals surface area contributed by atoms with Crippen LogP contribution in [0.25, 0.3) is 0 Å². The second-order valence-electron chi connectivity index (χ2n) is 7.65. The molecule has 2 N–H and O–H groups in total. The Hall–Kier alpha value is -2.13. The van der Waals surface area contributed by atoms with Gasteiger partial charge in [0.15, 0.2) is 0 Å². The molecule has 1 aromatic carbocycles. The topological polar surface area (TPSA) is 88.1 Å². The summed E-state index contributed by atoms with van der Waals surface area (Å²) in [5, 5.41) is 11.1. The van der Waals surface area contributed by atoms with Crippen LogP contribution in [0.2, 0.25) is 0 Å². The molecular weight excluding hydrogens is 342 g/mol. The predicted molar refractivity (Wildman–Crippen MR) is 94.0 cm³/mol. The van der Waals surface area contributed by atoms with Crippen LogP contribution >= 0.6 is 0 Å². The zero-order valence-corrected chi connectivity index (χ0v) is 15.2. The van der Waals surface area contributed by atoms with E-state index in [2.05, 4.69) is 5.32 Å². The molecule has 0 aliphatic carbocycles. The van der Waals surface area contributed by atoms with Crippen LogP contribution in [0.3, 0.4) is 0 Å². The Balaban J connectivity index is 1.79. The zero-order valence-electron chi connectivity index (χ0n) is 15.2. The van der Waals surface area contributed by atoms with Crippen LogP contribution in [0.4, 0.5) is 14.9 Å². The Bertz CT molecular complexity index is 739. The maximum absolute atomic E-state index is 14.7. The molecule has 0 spiro atoms. The van der Waals surface area contributed by atoms with Crippen molar-refractivity contribution >= 4 is 30.3 Å². The lowest BCUT2D eigenvalue weighted by Gasteiger charge is -2.32. The number of nitrogens with zero attached hydrogens (tertiary/aromatic N) is 1. The first-order chi connectivity index (χ1) is 12.0. The molecule has 26 heavy (non-hydrogen) atoms. The average molecular weight is 364 g/mol. The molecule has 0 unspecified atom stereocenters. The fourth-order valence-corrected chi connectivity index (χ4v) is 3.07. The van der Waals surface area contributed by atoms with Crippen molar-refractivity contribution in [2.24, 2.45) is 0 Å². The molecule has 2 heterocycles. The molecule has 9 heteroatoms. The van der Waals surface area contributed by atoms with Gasteiger partial charge >= 0.3 is 13.2 Å². The lowest BCUT2D eigenvalue weighted by atomic mass is 9.78. The quantitative estimate of drug-likeness (QED) is 0.794. The van der Waals surface area contributed by atoms with Gasteiger partial charge in [-0.3, -0.25) is 4.79 Å². The third kappa shape index (κ3) is 3.28. The summed E-state index contributed by atoms with van der Waals surface area (Å²) >= 11 is 0. The first kappa shape index (κ1) is 18.7. The Kier molecular flexibility index (Phi) is 4.48. The third-order valence-electron chi connectivity index (χ3n) is 5.26. The van der Waals surface area contributed by atoms with Crippen molar-refractivity contribution in [3.05, 3.63) is 24.0 Å². The molecule has 7 nitrogen and oxygen atoms in total. The standard InChI is InChI=1S/C17H22BFN2O5/c1-16(2)17(3,4)26-18(25-16)12-6-5-11(8-13(12)19)21-9-10(7-14(21)22)20-15(23)24/h5-6,8,10,20H,7,9H2,1-4H3,(H,23,24)/t10-/m0/s1. The van der Waals surface area contributed by atoms with Crippen molar-refractivity contribution in [3.63, 3.8) is 0 Å². The first-order valence-corrected chi connectivity index (χ1v) is 8.45. The number of rotatable bonds is 3. The average Bonchev–Trinajstić information content (AvgIpc) is 2.94. The number of amides is 2. The number of anilines is 1. The van der Waals surface area contributed by atoms with E-state index in [0.717, 1.165) is 0 Å². The summed E-state index contributed by atoms with van der Waals surface area (Å²) in [4.78, 5) is 24.2. The number of benzene rings is 1. The van der Waals surface area contributed by atoms with Gasteiger partial charge in [0.1, 0.15) is 5.82 Å². The second-order valence-corrected chi connectivity index (χ2v) is 7.65. The fourth-order valence-electron chi connectivity index (χ4n) is 3.07. The van der Waals surface area contributed by atoms with E-state index in [0.29, 0.717) is 5.69 Å². The van der Waals surface area contributed by atoms with Gasteiger partial charge in [-0.1, -0.05) is 6.07 Å². The van der Waals surface area contributed by atoms with Crippen LogP contribution in [0.1, 0.15) is 34.1 Å². The Labute approximate surface area is 151 Å². The van der Waals surface area contributed by atoms with Crippen LogP contribution in [-0.2, 0) is 14.1 Å². The summed E-state index contributed by atoms with van der Waals surface area (Å²) in [6.45, 7) is 7.71. The van der Waals surface area contributed by atoms with Gasteiger partial charge in [0.2, 0.25) is 5.91 Å². The van der Waals surface area contributed by atoms with E-state index in [-0.39, 0.29) is 24.3 Å². The number of hydrogen-bond acceptors (Lipinski definition) is 4. The second kappa shape index (κ2) is 6.24. The Morgan fingerprint density at radius 2 is 1.92 bits per heavy atom. The number of carbonyl (C=O) groups excluding carboxylic acids is 1. The lowest BCUT2D eigenvalue weighted by molar-refractivity contribution is -0.117. The zero-order chi connectivity index (χ0) is 19.3. The van der Waals surface area contributed by atoms with Crippen LogP contribution in [-0.4, -0.2) is 48.0 Å². The summed E-state index contributed by atoms with van der Waals surface area (Å²) in [5.74, 6) is -0.796. The molecule has 0 radical (unpaired) electrons. The summed E-state index contributed by atoms with van der Waals surface area (Å²) in [6.07, 6.45) is -1.14. The van der Waals surface area contributed by atoms with Gasteiger partial charge in [-0.25, -0.2) is 9.18 Å². The number of carbonyl (C=O) groups is 2. The van der Waals surface area contributed by atoms with Crippen molar-refractivity contribution < 1.29 is 28.4 Å². The lowest BCUT2D eigenvalue weighted by Crippen LogP contribution is -2.41. The van der Waals surface area contributed by atoms with E-state index in [1.165, 1.54) is 17.0 Å². The van der Waals surface area contributed by atoms with Crippen LogP contribution in [0.5, 0.6) is 0 Å². The highest BCUT2D eigenvalue weighted by Gasteiger charge is 2.52. The minimum atomic E-state index is -1.19. The minimum Gasteiger partial charge on any atom is -0.465 e. The summed E-state index contributed by atoms with van der Waals surface area (Å²) in [6, 6.07) is 3.90. The van der Waals surface area contributed by atoms with E-state index in [4.69, 9.17) is 14.4 Å². The number of carboxylic acid groups (broad SMARTS) is 1. The van der Waals surface area contributed by atoms with Gasteiger partial charge < -0.3 is 24.6 Å². The predicted octanol–water partition coefficient (Wildman–Crippen LogP) is 1.50. The van der Waals surface area contributed by atoms with Crippen LogP contribution < -0.4 is 15.7 Å². The van der Waals surface area contributed by atoms with Crippen LogP contribution in [0.15, 0.2) is 18.2 Å². The van der Waals surface area contributed by atoms with E-state index in [1.807, 2.05) is 27.7 Å². The van der Waals surface area contributed by atoms with Crippen molar-refractivity contribution in [2.75, 3.05) is 11.4 Å². The van der Waals surface area contributed by atoms with Crippen molar-refractivity contribution in [1.82, 2.24) is 5.32 Å². The Morgan fingerprint density at radius 3 is 2.46 bits per heavy atom. The van der Waals surface area contributed by atoms with Crippen molar-refractivity contribution in [3.8, 4) is 0 Å². The molecule has 140 valence electrons. The van der Waals surface area contributed by atoms with Gasteiger partial charge in [0.25, 0.3) is 0 Å². The smallest absolute Gasteiger partial charge is 0.465 e. The van der Waals surface area contributed by atoms with Gasteiger partial charge in [0, 0.05) is 24.1 Å². The number of nitrogens with one attached hydrogen (secondary N) is 1. The number of halogens is 1.